The highest BCUT2D eigenvalue weighted by Crippen LogP contribution is 2.07. The Bertz CT molecular complexity index is 270. The number of hydrogen-bond donors (Lipinski definition) is 1. The molecule has 86 valence electrons. The first-order valence-corrected chi connectivity index (χ1v) is 6.24. The van der Waals surface area contributed by atoms with Gasteiger partial charge in [-0.25, -0.2) is 9.38 Å². The van der Waals surface area contributed by atoms with E-state index in [9.17, 15) is 0 Å². The van der Waals surface area contributed by atoms with Gasteiger partial charge in [-0.3, -0.25) is 0 Å². The molecule has 0 aliphatic carbocycles. The number of pyridine rings is 1. The van der Waals surface area contributed by atoms with Crippen LogP contribution >= 0.6 is 28.7 Å². The zero-order chi connectivity index (χ0) is 12.3. The van der Waals surface area contributed by atoms with E-state index < -0.39 is 0 Å². The molecule has 1 rings (SSSR count). The van der Waals surface area contributed by atoms with Crippen LogP contribution < -0.4 is 0 Å². The first-order chi connectivity index (χ1) is 7.24. The average Bonchev–Trinajstić information content (AvgIpc) is 2.34. The van der Waals surface area contributed by atoms with Gasteiger partial charge in [0.05, 0.1) is 5.71 Å². The summed E-state index contributed by atoms with van der Waals surface area (Å²) in [7, 11) is 0. The van der Waals surface area contributed by atoms with E-state index in [2.05, 4.69) is 38.1 Å². The van der Waals surface area contributed by atoms with Crippen molar-refractivity contribution in [3.8, 4) is 0 Å². The van der Waals surface area contributed by atoms with E-state index in [0.717, 1.165) is 15.9 Å². The number of thiol groups is 1. The zero-order valence-electron chi connectivity index (χ0n) is 9.95. The van der Waals surface area contributed by atoms with Gasteiger partial charge in [0.1, 0.15) is 4.60 Å². The van der Waals surface area contributed by atoms with E-state index in [0.29, 0.717) is 0 Å². The fraction of sp³-hybridized carbons (Fsp3) is 0.455. The second-order valence-electron chi connectivity index (χ2n) is 2.06. The van der Waals surface area contributed by atoms with Crippen LogP contribution in [0.5, 0.6) is 0 Å². The SMILES string of the molecule is C/C(=N\S)c1ccc(Br)nc1.CC.CC. The molecule has 2 nitrogen and oxygen atoms in total. The first-order valence-electron chi connectivity index (χ1n) is 5.04. The lowest BCUT2D eigenvalue weighted by Crippen LogP contribution is -1.93. The molecule has 1 aromatic rings. The molecule has 0 aromatic carbocycles. The van der Waals surface area contributed by atoms with Crippen LogP contribution in [0.2, 0.25) is 0 Å². The normalized spacial score (nSPS) is 9.40. The van der Waals surface area contributed by atoms with Gasteiger partial charge in [-0.2, -0.15) is 0 Å². The molecule has 4 heteroatoms. The van der Waals surface area contributed by atoms with Gasteiger partial charge >= 0.3 is 0 Å². The van der Waals surface area contributed by atoms with Crippen molar-refractivity contribution in [1.29, 1.82) is 0 Å². The predicted molar refractivity (Wildman–Crippen MR) is 75.8 cm³/mol. The van der Waals surface area contributed by atoms with Gasteiger partial charge in [0.2, 0.25) is 0 Å². The molecule has 0 amide bonds. The maximum atomic E-state index is 4.05. The molecule has 0 N–H and O–H groups in total. The molecule has 0 unspecified atom stereocenters. The third-order valence-electron chi connectivity index (χ3n) is 1.30. The van der Waals surface area contributed by atoms with Crippen LogP contribution in [0.3, 0.4) is 0 Å². The maximum absolute atomic E-state index is 4.05. The Labute approximate surface area is 107 Å². The van der Waals surface area contributed by atoms with Crippen LogP contribution in [0.25, 0.3) is 0 Å². The molecule has 15 heavy (non-hydrogen) atoms. The Morgan fingerprint density at radius 2 is 1.80 bits per heavy atom. The van der Waals surface area contributed by atoms with Crippen molar-refractivity contribution in [2.75, 3.05) is 0 Å². The summed E-state index contributed by atoms with van der Waals surface area (Å²) in [5.41, 5.74) is 1.86. The molecule has 1 heterocycles. The molecule has 0 fully saturated rings. The molecule has 0 atom stereocenters. The number of halogens is 1. The van der Waals surface area contributed by atoms with Crippen molar-refractivity contribution in [1.82, 2.24) is 4.98 Å². The van der Waals surface area contributed by atoms with E-state index in [1.54, 1.807) is 6.20 Å². The summed E-state index contributed by atoms with van der Waals surface area (Å²) in [4.78, 5) is 4.05. The van der Waals surface area contributed by atoms with Crippen LogP contribution in [0.15, 0.2) is 27.3 Å². The molecule has 0 saturated carbocycles. The minimum Gasteiger partial charge on any atom is -0.249 e. The van der Waals surface area contributed by atoms with Crippen LogP contribution in [0.4, 0.5) is 0 Å². The largest absolute Gasteiger partial charge is 0.249 e. The minimum absolute atomic E-state index is 0.827. The highest BCUT2D eigenvalue weighted by atomic mass is 79.9. The van der Waals surface area contributed by atoms with E-state index in [4.69, 9.17) is 0 Å². The third-order valence-corrected chi connectivity index (χ3v) is 2.06. The molecular formula is C11H19BrN2S. The van der Waals surface area contributed by atoms with Crippen molar-refractivity contribution in [2.45, 2.75) is 34.6 Å². The number of hydrogen-bond acceptors (Lipinski definition) is 3. The highest BCUT2D eigenvalue weighted by Gasteiger charge is 1.95. The molecule has 0 aliphatic rings. The van der Waals surface area contributed by atoms with Crippen molar-refractivity contribution in [3.63, 3.8) is 0 Å². The summed E-state index contributed by atoms with van der Waals surface area (Å²) >= 11 is 7.05. The van der Waals surface area contributed by atoms with E-state index in [1.165, 1.54) is 0 Å². The Morgan fingerprint density at radius 3 is 2.13 bits per heavy atom. The summed E-state index contributed by atoms with van der Waals surface area (Å²) in [5, 5.41) is 0. The van der Waals surface area contributed by atoms with Crippen LogP contribution in [0, 0.1) is 0 Å². The van der Waals surface area contributed by atoms with Crippen LogP contribution in [-0.2, 0) is 0 Å². The lowest BCUT2D eigenvalue weighted by atomic mass is 10.2. The summed E-state index contributed by atoms with van der Waals surface area (Å²) in [6, 6.07) is 3.81. The van der Waals surface area contributed by atoms with Crippen LogP contribution in [0.1, 0.15) is 40.2 Å². The Balaban J connectivity index is 0. The third kappa shape index (κ3) is 7.56. The van der Waals surface area contributed by atoms with Gasteiger partial charge in [0, 0.05) is 11.8 Å². The molecule has 0 spiro atoms. The number of nitrogens with zero attached hydrogens (tertiary/aromatic N) is 2. The second-order valence-corrected chi connectivity index (χ2v) is 3.07. The minimum atomic E-state index is 0.827. The Kier molecular flexibility index (Phi) is 13.3. The second kappa shape index (κ2) is 11.7. The van der Waals surface area contributed by atoms with Gasteiger partial charge in [-0.15, -0.1) is 0 Å². The zero-order valence-corrected chi connectivity index (χ0v) is 12.4. The lowest BCUT2D eigenvalue weighted by molar-refractivity contribution is 1.26. The standard InChI is InChI=1S/C7H7BrN2S.2C2H6/c1-5(10-11)6-2-3-7(8)9-4-6;2*1-2/h2-4,11H,1H3;2*1-2H3/b10-5+;;. The monoisotopic (exact) mass is 290 g/mol. The van der Waals surface area contributed by atoms with Gasteiger partial charge in [-0.05, 0) is 47.8 Å². The van der Waals surface area contributed by atoms with Gasteiger partial charge in [0.15, 0.2) is 0 Å². The van der Waals surface area contributed by atoms with E-state index in [1.807, 2.05) is 46.8 Å². The molecule has 1 aromatic heterocycles. The summed E-state index contributed by atoms with van der Waals surface area (Å²) in [6.45, 7) is 9.89. The molecule has 0 bridgehead atoms. The molecule has 0 aliphatic heterocycles. The summed E-state index contributed by atoms with van der Waals surface area (Å²) in [5.74, 6) is 0. The maximum Gasteiger partial charge on any atom is 0.106 e. The van der Waals surface area contributed by atoms with Crippen molar-refractivity contribution >= 4 is 34.5 Å². The summed E-state index contributed by atoms with van der Waals surface area (Å²) < 4.78 is 4.57. The average molecular weight is 291 g/mol. The molecule has 0 saturated heterocycles. The van der Waals surface area contributed by atoms with Gasteiger partial charge in [0.25, 0.3) is 0 Å². The fourth-order valence-electron chi connectivity index (χ4n) is 0.648. The smallest absolute Gasteiger partial charge is 0.106 e. The van der Waals surface area contributed by atoms with Gasteiger partial charge < -0.3 is 0 Å². The number of aromatic nitrogens is 1. The summed E-state index contributed by atoms with van der Waals surface area (Å²) in [6.07, 6.45) is 1.75. The topological polar surface area (TPSA) is 25.2 Å². The van der Waals surface area contributed by atoms with Crippen molar-refractivity contribution in [3.05, 3.63) is 28.5 Å². The predicted octanol–water partition coefficient (Wildman–Crippen LogP) is 4.55. The molecule has 0 radical (unpaired) electrons. The van der Waals surface area contributed by atoms with Crippen molar-refractivity contribution in [2.24, 2.45) is 4.40 Å². The van der Waals surface area contributed by atoms with Crippen LogP contribution in [-0.4, -0.2) is 10.7 Å². The Morgan fingerprint density at radius 1 is 1.27 bits per heavy atom. The number of rotatable bonds is 1. The highest BCUT2D eigenvalue weighted by molar-refractivity contribution is 9.10. The quantitative estimate of drug-likeness (QED) is 0.458. The first kappa shape index (κ1) is 17.1. The van der Waals surface area contributed by atoms with Gasteiger partial charge in [-0.1, -0.05) is 27.7 Å². The molecular weight excluding hydrogens is 272 g/mol. The van der Waals surface area contributed by atoms with E-state index >= 15 is 0 Å². The Hall–Kier alpha value is -0.350. The lowest BCUT2D eigenvalue weighted by Gasteiger charge is -1.96. The van der Waals surface area contributed by atoms with Crippen molar-refractivity contribution < 1.29 is 0 Å². The fourth-order valence-corrected chi connectivity index (χ4v) is 0.998. The van der Waals surface area contributed by atoms with E-state index in [-0.39, 0.29) is 0 Å².